The third kappa shape index (κ3) is 3.86. The summed E-state index contributed by atoms with van der Waals surface area (Å²) in [6.07, 6.45) is 6.65. The lowest BCUT2D eigenvalue weighted by molar-refractivity contribution is -0.134. The molecule has 0 N–H and O–H groups in total. The maximum Gasteiger partial charge on any atom is 0.260 e. The minimum Gasteiger partial charge on any atom is -0.497 e. The Morgan fingerprint density at radius 3 is 2.61 bits per heavy atom. The first-order valence-corrected chi connectivity index (χ1v) is 7.88. The molecule has 5 heteroatoms. The Bertz CT molecular complexity index is 645. The highest BCUT2D eigenvalue weighted by Gasteiger charge is 2.17. The predicted octanol–water partition coefficient (Wildman–Crippen LogP) is 3.35. The number of likely N-dealkylation sites (tertiary alicyclic amines) is 1. The molecule has 1 amide bonds. The molecule has 2 heterocycles. The van der Waals surface area contributed by atoms with Gasteiger partial charge >= 0.3 is 0 Å². The summed E-state index contributed by atoms with van der Waals surface area (Å²) in [6, 6.07) is 7.45. The van der Waals surface area contributed by atoms with Crippen LogP contribution in [0.25, 0.3) is 11.1 Å². The van der Waals surface area contributed by atoms with Crippen LogP contribution in [0.3, 0.4) is 0 Å². The number of rotatable bonds is 5. The van der Waals surface area contributed by atoms with Crippen LogP contribution in [0, 0.1) is 0 Å². The maximum absolute atomic E-state index is 12.2. The average Bonchev–Trinajstić information content (AvgIpc) is 3.15. The summed E-state index contributed by atoms with van der Waals surface area (Å²) < 4.78 is 16.1. The third-order valence-electron chi connectivity index (χ3n) is 4.04. The number of ether oxygens (including phenoxy) is 2. The molecule has 1 aliphatic rings. The van der Waals surface area contributed by atoms with Crippen molar-refractivity contribution >= 4 is 5.91 Å². The fourth-order valence-electron chi connectivity index (χ4n) is 2.75. The van der Waals surface area contributed by atoms with E-state index >= 15 is 0 Å². The fourth-order valence-corrected chi connectivity index (χ4v) is 2.75. The summed E-state index contributed by atoms with van der Waals surface area (Å²) >= 11 is 0. The first kappa shape index (κ1) is 15.5. The molecule has 0 bridgehead atoms. The van der Waals surface area contributed by atoms with E-state index in [0.717, 1.165) is 37.1 Å². The average molecular weight is 315 g/mol. The van der Waals surface area contributed by atoms with Crippen molar-refractivity contribution in [1.82, 2.24) is 4.90 Å². The highest BCUT2D eigenvalue weighted by atomic mass is 16.5. The molecule has 1 fully saturated rings. The second-order valence-electron chi connectivity index (χ2n) is 5.64. The highest BCUT2D eigenvalue weighted by molar-refractivity contribution is 5.78. The first-order valence-electron chi connectivity index (χ1n) is 7.88. The Morgan fingerprint density at radius 1 is 1.13 bits per heavy atom. The second kappa shape index (κ2) is 7.22. The third-order valence-corrected chi connectivity index (χ3v) is 4.04. The Balaban J connectivity index is 1.69. The van der Waals surface area contributed by atoms with Gasteiger partial charge < -0.3 is 18.8 Å². The number of furan rings is 1. The molecule has 3 rings (SSSR count). The van der Waals surface area contributed by atoms with Crippen molar-refractivity contribution in [2.45, 2.75) is 19.3 Å². The molecule has 0 aliphatic carbocycles. The van der Waals surface area contributed by atoms with E-state index < -0.39 is 0 Å². The lowest BCUT2D eigenvalue weighted by Crippen LogP contribution is -2.38. The molecule has 0 atom stereocenters. The summed E-state index contributed by atoms with van der Waals surface area (Å²) in [5.74, 6) is 1.34. The van der Waals surface area contributed by atoms with Gasteiger partial charge in [0, 0.05) is 24.7 Å². The number of benzene rings is 1. The van der Waals surface area contributed by atoms with Crippen LogP contribution in [0.15, 0.2) is 41.2 Å². The molecule has 0 spiro atoms. The quantitative estimate of drug-likeness (QED) is 0.849. The van der Waals surface area contributed by atoms with E-state index in [9.17, 15) is 4.79 Å². The van der Waals surface area contributed by atoms with Crippen LogP contribution in [0.1, 0.15) is 19.3 Å². The summed E-state index contributed by atoms with van der Waals surface area (Å²) in [5.41, 5.74) is 1.87. The molecule has 1 aromatic carbocycles. The van der Waals surface area contributed by atoms with Crippen LogP contribution in [-0.2, 0) is 4.79 Å². The Hall–Kier alpha value is -2.43. The van der Waals surface area contributed by atoms with Crippen LogP contribution in [-0.4, -0.2) is 37.6 Å². The van der Waals surface area contributed by atoms with Gasteiger partial charge in [-0.1, -0.05) is 0 Å². The van der Waals surface area contributed by atoms with Crippen molar-refractivity contribution in [3.63, 3.8) is 0 Å². The number of nitrogens with zero attached hydrogens (tertiary/aromatic N) is 1. The van der Waals surface area contributed by atoms with Crippen molar-refractivity contribution in [2.24, 2.45) is 0 Å². The van der Waals surface area contributed by atoms with Crippen LogP contribution in [0.2, 0.25) is 0 Å². The van der Waals surface area contributed by atoms with Gasteiger partial charge in [0.1, 0.15) is 11.5 Å². The van der Waals surface area contributed by atoms with Crippen LogP contribution < -0.4 is 9.47 Å². The van der Waals surface area contributed by atoms with E-state index in [1.807, 2.05) is 23.1 Å². The zero-order valence-electron chi connectivity index (χ0n) is 13.3. The van der Waals surface area contributed by atoms with Gasteiger partial charge in [0.05, 0.1) is 19.6 Å². The molecule has 5 nitrogen and oxygen atoms in total. The largest absolute Gasteiger partial charge is 0.497 e. The molecule has 1 aromatic heterocycles. The van der Waals surface area contributed by atoms with Gasteiger partial charge in [-0.3, -0.25) is 4.79 Å². The molecule has 2 aromatic rings. The normalized spacial score (nSPS) is 14.6. The van der Waals surface area contributed by atoms with Gasteiger partial charge in [0.2, 0.25) is 0 Å². The Kier molecular flexibility index (Phi) is 4.86. The summed E-state index contributed by atoms with van der Waals surface area (Å²) in [4.78, 5) is 14.1. The van der Waals surface area contributed by atoms with E-state index in [1.165, 1.54) is 6.42 Å². The Morgan fingerprint density at radius 2 is 1.91 bits per heavy atom. The molecule has 1 saturated heterocycles. The molecule has 0 unspecified atom stereocenters. The SMILES string of the molecule is COc1cc(OCC(=O)N2CCCCC2)cc(-c2ccoc2)c1. The molecule has 23 heavy (non-hydrogen) atoms. The van der Waals surface area contributed by atoms with E-state index in [4.69, 9.17) is 13.9 Å². The van der Waals surface area contributed by atoms with Crippen molar-refractivity contribution in [3.8, 4) is 22.6 Å². The molecule has 122 valence electrons. The molecular weight excluding hydrogens is 294 g/mol. The topological polar surface area (TPSA) is 51.9 Å². The van der Waals surface area contributed by atoms with Crippen LogP contribution >= 0.6 is 0 Å². The summed E-state index contributed by atoms with van der Waals surface area (Å²) in [7, 11) is 1.61. The van der Waals surface area contributed by atoms with E-state index in [0.29, 0.717) is 11.5 Å². The van der Waals surface area contributed by atoms with E-state index in [1.54, 1.807) is 25.7 Å². The van der Waals surface area contributed by atoms with Crippen LogP contribution in [0.4, 0.5) is 0 Å². The molecule has 0 saturated carbocycles. The summed E-state index contributed by atoms with van der Waals surface area (Å²) in [5, 5.41) is 0. The standard InChI is InChI=1S/C18H21NO4/c1-21-16-9-15(14-5-8-22-12-14)10-17(11-16)23-13-18(20)19-6-3-2-4-7-19/h5,8-12H,2-4,6-7,13H2,1H3. The van der Waals surface area contributed by atoms with Crippen molar-refractivity contribution < 1.29 is 18.7 Å². The van der Waals surface area contributed by atoms with Gasteiger partial charge in [0.25, 0.3) is 5.91 Å². The van der Waals surface area contributed by atoms with Crippen LogP contribution in [0.5, 0.6) is 11.5 Å². The lowest BCUT2D eigenvalue weighted by atomic mass is 10.1. The molecule has 0 radical (unpaired) electrons. The lowest BCUT2D eigenvalue weighted by Gasteiger charge is -2.26. The minimum atomic E-state index is 0.0392. The number of methoxy groups -OCH3 is 1. The van der Waals surface area contributed by atoms with Gasteiger partial charge in [0.15, 0.2) is 6.61 Å². The van der Waals surface area contributed by atoms with Gasteiger partial charge in [-0.15, -0.1) is 0 Å². The number of hydrogen-bond donors (Lipinski definition) is 0. The monoisotopic (exact) mass is 315 g/mol. The minimum absolute atomic E-state index is 0.0392. The number of amides is 1. The van der Waals surface area contributed by atoms with E-state index in [2.05, 4.69) is 0 Å². The van der Waals surface area contributed by atoms with Crippen molar-refractivity contribution in [2.75, 3.05) is 26.8 Å². The predicted molar refractivity (Wildman–Crippen MR) is 86.6 cm³/mol. The smallest absolute Gasteiger partial charge is 0.260 e. The van der Waals surface area contributed by atoms with Gasteiger partial charge in [-0.25, -0.2) is 0 Å². The van der Waals surface area contributed by atoms with Gasteiger partial charge in [-0.05, 0) is 43.0 Å². The van der Waals surface area contributed by atoms with Crippen molar-refractivity contribution in [3.05, 3.63) is 36.8 Å². The number of carbonyl (C=O) groups is 1. The van der Waals surface area contributed by atoms with Gasteiger partial charge in [-0.2, -0.15) is 0 Å². The summed E-state index contributed by atoms with van der Waals surface area (Å²) in [6.45, 7) is 1.72. The fraction of sp³-hybridized carbons (Fsp3) is 0.389. The van der Waals surface area contributed by atoms with Crippen molar-refractivity contribution in [1.29, 1.82) is 0 Å². The number of carbonyl (C=O) groups excluding carboxylic acids is 1. The number of piperidine rings is 1. The Labute approximate surface area is 135 Å². The molecule has 1 aliphatic heterocycles. The van der Waals surface area contributed by atoms with E-state index in [-0.39, 0.29) is 12.5 Å². The maximum atomic E-state index is 12.2. The highest BCUT2D eigenvalue weighted by Crippen LogP contribution is 2.30. The first-order chi connectivity index (χ1) is 11.3. The molecular formula is C18H21NO4. The zero-order chi connectivity index (χ0) is 16.1. The second-order valence-corrected chi connectivity index (χ2v) is 5.64. The zero-order valence-corrected chi connectivity index (χ0v) is 13.3. The number of hydrogen-bond acceptors (Lipinski definition) is 4.